The monoisotopic (exact) mass is 313 g/mol. The summed E-state index contributed by atoms with van der Waals surface area (Å²) in [4.78, 5) is 14.0. The van der Waals surface area contributed by atoms with Gasteiger partial charge in [0.2, 0.25) is 5.91 Å². The van der Waals surface area contributed by atoms with Crippen LogP contribution in [0.15, 0.2) is 18.2 Å². The molecule has 1 rings (SSSR count). The summed E-state index contributed by atoms with van der Waals surface area (Å²) in [5, 5.41) is 3.25. The van der Waals surface area contributed by atoms with Gasteiger partial charge in [-0.1, -0.05) is 11.6 Å². The number of ether oxygens (including phenoxy) is 1. The lowest BCUT2D eigenvalue weighted by Gasteiger charge is -2.16. The van der Waals surface area contributed by atoms with Crippen LogP contribution in [0.1, 0.15) is 19.8 Å². The Morgan fingerprint density at radius 1 is 1.43 bits per heavy atom. The van der Waals surface area contributed by atoms with Gasteiger partial charge in [0, 0.05) is 25.3 Å². The predicted octanol–water partition coefficient (Wildman–Crippen LogP) is 2.61. The molecule has 0 aromatic heterocycles. The molecule has 118 valence electrons. The van der Waals surface area contributed by atoms with Gasteiger partial charge in [0.05, 0.1) is 17.3 Å². The van der Waals surface area contributed by atoms with Gasteiger partial charge in [-0.25, -0.2) is 0 Å². The quantitative estimate of drug-likeness (QED) is 0.543. The summed E-state index contributed by atoms with van der Waals surface area (Å²) in [6.45, 7) is 5.17. The predicted molar refractivity (Wildman–Crippen MR) is 87.7 cm³/mol. The maximum absolute atomic E-state index is 11.8. The summed E-state index contributed by atoms with van der Waals surface area (Å²) in [5.41, 5.74) is 6.78. The number of likely N-dealkylation sites (N-methyl/N-ethyl adjacent to an activating group) is 1. The molecule has 21 heavy (non-hydrogen) atoms. The van der Waals surface area contributed by atoms with Crippen molar-refractivity contribution >= 4 is 28.9 Å². The minimum absolute atomic E-state index is 0.0418. The van der Waals surface area contributed by atoms with Gasteiger partial charge in [-0.05, 0) is 45.1 Å². The molecular weight excluding hydrogens is 290 g/mol. The number of carbonyl (C=O) groups is 1. The number of halogens is 1. The van der Waals surface area contributed by atoms with Crippen molar-refractivity contribution in [1.29, 1.82) is 0 Å². The second-order valence-corrected chi connectivity index (χ2v) is 5.30. The van der Waals surface area contributed by atoms with Gasteiger partial charge in [-0.15, -0.1) is 0 Å². The van der Waals surface area contributed by atoms with E-state index in [4.69, 9.17) is 22.1 Å². The van der Waals surface area contributed by atoms with Gasteiger partial charge in [-0.2, -0.15) is 0 Å². The highest BCUT2D eigenvalue weighted by Crippen LogP contribution is 2.24. The first-order valence-electron chi connectivity index (χ1n) is 7.14. The smallest absolute Gasteiger partial charge is 0.224 e. The fourth-order valence-electron chi connectivity index (χ4n) is 1.83. The summed E-state index contributed by atoms with van der Waals surface area (Å²) in [7, 11) is 2.02. The Kier molecular flexibility index (Phi) is 8.12. The number of nitrogens with one attached hydrogen (secondary N) is 1. The summed E-state index contributed by atoms with van der Waals surface area (Å²) < 4.78 is 5.29. The van der Waals surface area contributed by atoms with E-state index in [2.05, 4.69) is 10.2 Å². The van der Waals surface area contributed by atoms with Crippen LogP contribution >= 0.6 is 11.6 Å². The summed E-state index contributed by atoms with van der Waals surface area (Å²) in [6, 6.07) is 5.05. The van der Waals surface area contributed by atoms with Crippen LogP contribution in [0.4, 0.5) is 11.4 Å². The Hall–Kier alpha value is -1.30. The van der Waals surface area contributed by atoms with E-state index >= 15 is 0 Å². The molecule has 0 aliphatic heterocycles. The lowest BCUT2D eigenvalue weighted by atomic mass is 10.2. The summed E-state index contributed by atoms with van der Waals surface area (Å²) in [6.07, 6.45) is 1.25. The van der Waals surface area contributed by atoms with Gasteiger partial charge >= 0.3 is 0 Å². The largest absolute Gasteiger partial charge is 0.399 e. The van der Waals surface area contributed by atoms with Crippen molar-refractivity contribution in [3.05, 3.63) is 23.2 Å². The average Bonchev–Trinajstić information content (AvgIpc) is 2.42. The molecule has 1 aromatic carbocycles. The highest BCUT2D eigenvalue weighted by atomic mass is 35.5. The van der Waals surface area contributed by atoms with Crippen LogP contribution in [0, 0.1) is 0 Å². The fourth-order valence-corrected chi connectivity index (χ4v) is 2.07. The zero-order chi connectivity index (χ0) is 15.7. The normalized spacial score (nSPS) is 10.9. The highest BCUT2D eigenvalue weighted by Gasteiger charge is 2.07. The molecule has 0 fully saturated rings. The Bertz CT molecular complexity index is 455. The molecule has 0 saturated carbocycles. The molecule has 1 aromatic rings. The van der Waals surface area contributed by atoms with Crippen molar-refractivity contribution < 1.29 is 9.53 Å². The summed E-state index contributed by atoms with van der Waals surface area (Å²) in [5.74, 6) is -0.0418. The molecule has 0 bridgehead atoms. The lowest BCUT2D eigenvalue weighted by molar-refractivity contribution is -0.116. The molecule has 6 heteroatoms. The van der Waals surface area contributed by atoms with E-state index < -0.39 is 0 Å². The van der Waals surface area contributed by atoms with E-state index in [1.54, 1.807) is 18.2 Å². The highest BCUT2D eigenvalue weighted by molar-refractivity contribution is 6.34. The Balaban J connectivity index is 2.25. The van der Waals surface area contributed by atoms with E-state index in [-0.39, 0.29) is 5.91 Å². The lowest BCUT2D eigenvalue weighted by Crippen LogP contribution is -2.25. The van der Waals surface area contributed by atoms with Gasteiger partial charge in [0.1, 0.15) is 0 Å². The number of carbonyl (C=O) groups excluding carboxylic acids is 1. The number of hydrogen-bond donors (Lipinski definition) is 2. The second kappa shape index (κ2) is 9.60. The molecule has 3 N–H and O–H groups in total. The topological polar surface area (TPSA) is 67.6 Å². The minimum atomic E-state index is -0.0418. The van der Waals surface area contributed by atoms with Crippen molar-refractivity contribution in [3.63, 3.8) is 0 Å². The van der Waals surface area contributed by atoms with Crippen molar-refractivity contribution in [2.75, 3.05) is 44.4 Å². The molecule has 0 unspecified atom stereocenters. The molecule has 0 aliphatic rings. The van der Waals surface area contributed by atoms with E-state index in [9.17, 15) is 4.79 Å². The second-order valence-electron chi connectivity index (χ2n) is 4.89. The number of rotatable bonds is 9. The maximum atomic E-state index is 11.8. The third-order valence-electron chi connectivity index (χ3n) is 3.03. The number of hydrogen-bond acceptors (Lipinski definition) is 4. The van der Waals surface area contributed by atoms with Crippen molar-refractivity contribution in [1.82, 2.24) is 4.90 Å². The first-order valence-corrected chi connectivity index (χ1v) is 7.52. The molecule has 0 saturated heterocycles. The van der Waals surface area contributed by atoms with Gasteiger partial charge < -0.3 is 20.7 Å². The molecule has 5 nitrogen and oxygen atoms in total. The third kappa shape index (κ3) is 7.32. The third-order valence-corrected chi connectivity index (χ3v) is 3.35. The van der Waals surface area contributed by atoms with Crippen LogP contribution in [0.25, 0.3) is 0 Å². The zero-order valence-corrected chi connectivity index (χ0v) is 13.4. The van der Waals surface area contributed by atoms with E-state index in [0.29, 0.717) is 22.8 Å². The zero-order valence-electron chi connectivity index (χ0n) is 12.7. The molecule has 1 amide bonds. The molecular formula is C15H24ClN3O2. The number of anilines is 2. The average molecular weight is 314 g/mol. The molecule has 0 aliphatic carbocycles. The Labute approximate surface area is 131 Å². The van der Waals surface area contributed by atoms with Gasteiger partial charge in [0.15, 0.2) is 0 Å². The van der Waals surface area contributed by atoms with Crippen LogP contribution < -0.4 is 11.1 Å². The Morgan fingerprint density at radius 3 is 2.86 bits per heavy atom. The molecule has 0 atom stereocenters. The number of amides is 1. The Morgan fingerprint density at radius 2 is 2.19 bits per heavy atom. The molecule has 0 radical (unpaired) electrons. The molecule has 0 spiro atoms. The fraction of sp³-hybridized carbons (Fsp3) is 0.533. The van der Waals surface area contributed by atoms with Crippen molar-refractivity contribution in [2.24, 2.45) is 0 Å². The SMILES string of the molecule is CCOCCN(C)CCCC(=O)Nc1ccc(N)cc1Cl. The number of nitrogens with two attached hydrogens (primary N) is 1. The van der Waals surface area contributed by atoms with Gasteiger partial charge in [0.25, 0.3) is 0 Å². The van der Waals surface area contributed by atoms with Crippen LogP contribution in [-0.4, -0.2) is 44.2 Å². The number of nitrogens with zero attached hydrogens (tertiary/aromatic N) is 1. The number of nitrogen functional groups attached to an aromatic ring is 1. The van der Waals surface area contributed by atoms with Crippen LogP contribution in [0.3, 0.4) is 0 Å². The van der Waals surface area contributed by atoms with E-state index in [0.717, 1.165) is 32.7 Å². The first-order chi connectivity index (χ1) is 10.0. The van der Waals surface area contributed by atoms with Crippen LogP contribution in [0.5, 0.6) is 0 Å². The number of benzene rings is 1. The van der Waals surface area contributed by atoms with Crippen molar-refractivity contribution in [3.8, 4) is 0 Å². The maximum Gasteiger partial charge on any atom is 0.224 e. The van der Waals surface area contributed by atoms with Gasteiger partial charge in [-0.3, -0.25) is 4.79 Å². The summed E-state index contributed by atoms with van der Waals surface area (Å²) >= 11 is 6.01. The van der Waals surface area contributed by atoms with Crippen LogP contribution in [0.2, 0.25) is 5.02 Å². The van der Waals surface area contributed by atoms with Crippen molar-refractivity contribution in [2.45, 2.75) is 19.8 Å². The molecule has 0 heterocycles. The van der Waals surface area contributed by atoms with Crippen LogP contribution in [-0.2, 0) is 9.53 Å². The standard InChI is InChI=1S/C15H24ClN3O2/c1-3-21-10-9-19(2)8-4-5-15(20)18-14-7-6-12(17)11-13(14)16/h6-7,11H,3-5,8-10,17H2,1-2H3,(H,18,20). The first kappa shape index (κ1) is 17.8. The van der Waals surface area contributed by atoms with E-state index in [1.807, 2.05) is 14.0 Å². The minimum Gasteiger partial charge on any atom is -0.399 e. The van der Waals surface area contributed by atoms with E-state index in [1.165, 1.54) is 0 Å².